The molecule has 1 fully saturated rings. The second kappa shape index (κ2) is 5.04. The molecule has 20 heavy (non-hydrogen) atoms. The van der Waals surface area contributed by atoms with Gasteiger partial charge in [0.15, 0.2) is 0 Å². The van der Waals surface area contributed by atoms with E-state index in [2.05, 4.69) is 0 Å². The fourth-order valence-electron chi connectivity index (χ4n) is 2.42. The molecule has 1 unspecified atom stereocenters. The minimum absolute atomic E-state index is 0.348. The van der Waals surface area contributed by atoms with Crippen molar-refractivity contribution in [1.82, 2.24) is 0 Å². The van der Waals surface area contributed by atoms with E-state index in [1.807, 2.05) is 33.8 Å². The van der Waals surface area contributed by atoms with Crippen molar-refractivity contribution in [2.75, 3.05) is 7.11 Å². The minimum atomic E-state index is -0.943. The molecule has 1 heterocycles. The van der Waals surface area contributed by atoms with Crippen LogP contribution < -0.4 is 0 Å². The topological polar surface area (TPSA) is 44.8 Å². The van der Waals surface area contributed by atoms with Gasteiger partial charge in [-0.1, -0.05) is 6.08 Å². The third kappa shape index (κ3) is 2.63. The van der Waals surface area contributed by atoms with E-state index in [0.717, 1.165) is 5.47 Å². The van der Waals surface area contributed by atoms with Crippen LogP contribution in [0.5, 0.6) is 0 Å². The lowest BCUT2D eigenvalue weighted by Gasteiger charge is -2.32. The van der Waals surface area contributed by atoms with E-state index >= 15 is 0 Å². The Morgan fingerprint density at radius 3 is 2.25 bits per heavy atom. The zero-order valence-corrected chi connectivity index (χ0v) is 13.5. The third-order valence-electron chi connectivity index (χ3n) is 4.60. The smallest absolute Gasteiger partial charge is 0.468 e. The number of methoxy groups -OCH3 is 1. The second-order valence-corrected chi connectivity index (χ2v) is 7.25. The zero-order chi connectivity index (χ0) is 15.2. The first kappa shape index (κ1) is 15.9. The molecule has 0 N–H and O–H groups in total. The molecule has 0 aromatic carbocycles. The Kier molecular flexibility index (Phi) is 4.00. The van der Waals surface area contributed by atoms with Crippen molar-refractivity contribution >= 4 is 24.7 Å². The van der Waals surface area contributed by atoms with Gasteiger partial charge in [-0.3, -0.25) is 4.79 Å². The summed E-state index contributed by atoms with van der Waals surface area (Å²) >= 11 is 6.31. The van der Waals surface area contributed by atoms with Gasteiger partial charge in [-0.15, -0.1) is 11.6 Å². The maximum atomic E-state index is 11.7. The van der Waals surface area contributed by atoms with Crippen molar-refractivity contribution in [3.63, 3.8) is 0 Å². The second-order valence-electron chi connectivity index (χ2n) is 6.53. The van der Waals surface area contributed by atoms with E-state index in [9.17, 15) is 4.79 Å². The third-order valence-corrected chi connectivity index (χ3v) is 5.10. The van der Waals surface area contributed by atoms with Crippen LogP contribution in [0.1, 0.15) is 47.0 Å². The SMILES string of the molecule is COC(=O)C1(Cl)CC=C(B2OC(C)(C)C(C)(C)O2)CC1. The molecule has 0 saturated carbocycles. The molecule has 1 aliphatic heterocycles. The van der Waals surface area contributed by atoms with Gasteiger partial charge in [0, 0.05) is 0 Å². The molecule has 0 aromatic heterocycles. The predicted octanol–water partition coefficient (Wildman–Crippen LogP) is 2.88. The molecule has 4 nitrogen and oxygen atoms in total. The molecule has 1 saturated heterocycles. The Labute approximate surface area is 125 Å². The Hall–Kier alpha value is -0.515. The van der Waals surface area contributed by atoms with Crippen molar-refractivity contribution in [1.29, 1.82) is 0 Å². The highest BCUT2D eigenvalue weighted by Gasteiger charge is 2.53. The van der Waals surface area contributed by atoms with Gasteiger partial charge in [0.1, 0.15) is 4.87 Å². The molecular weight excluding hydrogens is 278 g/mol. The van der Waals surface area contributed by atoms with Gasteiger partial charge in [0.05, 0.1) is 18.3 Å². The van der Waals surface area contributed by atoms with Crippen LogP contribution in [0.4, 0.5) is 0 Å². The first-order valence-electron chi connectivity index (χ1n) is 6.93. The minimum Gasteiger partial charge on any atom is -0.468 e. The van der Waals surface area contributed by atoms with E-state index in [1.165, 1.54) is 7.11 Å². The average Bonchev–Trinajstić information content (AvgIpc) is 2.58. The van der Waals surface area contributed by atoms with Crippen LogP contribution in [0.25, 0.3) is 0 Å². The van der Waals surface area contributed by atoms with Gasteiger partial charge in [-0.25, -0.2) is 0 Å². The predicted molar refractivity (Wildman–Crippen MR) is 78.6 cm³/mol. The highest BCUT2D eigenvalue weighted by molar-refractivity contribution is 6.54. The number of allylic oxidation sites excluding steroid dienone is 2. The summed E-state index contributed by atoms with van der Waals surface area (Å²) in [6.07, 6.45) is 3.61. The molecule has 2 rings (SSSR count). The van der Waals surface area contributed by atoms with Crippen LogP contribution >= 0.6 is 11.6 Å². The van der Waals surface area contributed by atoms with Crippen LogP contribution in [0.15, 0.2) is 11.5 Å². The summed E-state index contributed by atoms with van der Waals surface area (Å²) in [6, 6.07) is 0. The first-order chi connectivity index (χ1) is 9.11. The van der Waals surface area contributed by atoms with Crippen LogP contribution in [-0.4, -0.2) is 36.3 Å². The number of rotatable bonds is 2. The molecule has 112 valence electrons. The van der Waals surface area contributed by atoms with Gasteiger partial charge < -0.3 is 14.0 Å². The van der Waals surface area contributed by atoms with Crippen LogP contribution in [0, 0.1) is 0 Å². The summed E-state index contributed by atoms with van der Waals surface area (Å²) in [4.78, 5) is 10.7. The van der Waals surface area contributed by atoms with Crippen LogP contribution in [-0.2, 0) is 18.8 Å². The molecule has 6 heteroatoms. The monoisotopic (exact) mass is 300 g/mol. The van der Waals surface area contributed by atoms with Gasteiger partial charge in [0.25, 0.3) is 0 Å². The van der Waals surface area contributed by atoms with Crippen molar-refractivity contribution in [2.45, 2.75) is 63.0 Å². The highest BCUT2D eigenvalue weighted by Crippen LogP contribution is 2.42. The molecule has 0 bridgehead atoms. The largest absolute Gasteiger partial charge is 0.490 e. The summed E-state index contributed by atoms with van der Waals surface area (Å²) in [5.74, 6) is -0.372. The number of esters is 1. The number of alkyl halides is 1. The van der Waals surface area contributed by atoms with Gasteiger partial charge in [0.2, 0.25) is 0 Å². The quantitative estimate of drug-likeness (QED) is 0.447. The number of hydrogen-bond acceptors (Lipinski definition) is 4. The average molecular weight is 301 g/mol. The standard InChI is InChI=1S/C14H22BClO4/c1-12(2)13(3,4)20-15(19-12)10-6-8-14(16,9-7-10)11(17)18-5/h6H,7-9H2,1-5H3. The van der Waals surface area contributed by atoms with Crippen molar-refractivity contribution in [2.24, 2.45) is 0 Å². The zero-order valence-electron chi connectivity index (χ0n) is 12.8. The first-order valence-corrected chi connectivity index (χ1v) is 7.31. The van der Waals surface area contributed by atoms with Crippen LogP contribution in [0.3, 0.4) is 0 Å². The Bertz CT molecular complexity index is 430. The summed E-state index contributed by atoms with van der Waals surface area (Å²) in [5, 5.41) is 0. The maximum absolute atomic E-state index is 11.7. The molecule has 1 atom stereocenters. The molecule has 1 aliphatic carbocycles. The molecule has 0 radical (unpaired) electrons. The van der Waals surface area contributed by atoms with E-state index in [0.29, 0.717) is 19.3 Å². The Morgan fingerprint density at radius 1 is 1.30 bits per heavy atom. The maximum Gasteiger partial charge on any atom is 0.490 e. The van der Waals surface area contributed by atoms with Crippen molar-refractivity contribution < 1.29 is 18.8 Å². The Morgan fingerprint density at radius 2 is 1.85 bits per heavy atom. The lowest BCUT2D eigenvalue weighted by molar-refractivity contribution is -0.144. The lowest BCUT2D eigenvalue weighted by Crippen LogP contribution is -2.41. The Balaban J connectivity index is 2.09. The van der Waals surface area contributed by atoms with E-state index in [1.54, 1.807) is 0 Å². The van der Waals surface area contributed by atoms with Gasteiger partial charge >= 0.3 is 13.1 Å². The van der Waals surface area contributed by atoms with Gasteiger partial charge in [-0.2, -0.15) is 0 Å². The van der Waals surface area contributed by atoms with Crippen molar-refractivity contribution in [3.8, 4) is 0 Å². The molecule has 0 spiro atoms. The molecular formula is C14H22BClO4. The van der Waals surface area contributed by atoms with E-state index in [4.69, 9.17) is 25.6 Å². The fraction of sp³-hybridized carbons (Fsp3) is 0.786. The van der Waals surface area contributed by atoms with Crippen molar-refractivity contribution in [3.05, 3.63) is 11.5 Å². The van der Waals surface area contributed by atoms with Crippen LogP contribution in [0.2, 0.25) is 0 Å². The van der Waals surface area contributed by atoms with Gasteiger partial charge in [-0.05, 0) is 52.4 Å². The number of carbonyl (C=O) groups is 1. The highest BCUT2D eigenvalue weighted by atomic mass is 35.5. The molecule has 2 aliphatic rings. The summed E-state index contributed by atoms with van der Waals surface area (Å²) in [5.41, 5.74) is 0.357. The number of hydrogen-bond donors (Lipinski definition) is 0. The number of halogens is 1. The molecule has 0 aromatic rings. The summed E-state index contributed by atoms with van der Waals surface area (Å²) in [6.45, 7) is 8.10. The normalized spacial score (nSPS) is 31.9. The lowest BCUT2D eigenvalue weighted by atomic mass is 9.70. The summed E-state index contributed by atoms with van der Waals surface area (Å²) < 4.78 is 16.8. The van der Waals surface area contributed by atoms with E-state index in [-0.39, 0.29) is 24.3 Å². The van der Waals surface area contributed by atoms with E-state index < -0.39 is 4.87 Å². The fourth-order valence-corrected chi connectivity index (χ4v) is 2.67. The molecule has 0 amide bonds. The number of ether oxygens (including phenoxy) is 1. The number of carbonyl (C=O) groups excluding carboxylic acids is 1. The summed E-state index contributed by atoms with van der Waals surface area (Å²) in [7, 11) is 1.01.